The summed E-state index contributed by atoms with van der Waals surface area (Å²) in [6.45, 7) is 14.3. The van der Waals surface area contributed by atoms with Crippen LogP contribution in [0.4, 0.5) is 0 Å². The van der Waals surface area contributed by atoms with Gasteiger partial charge in [0.2, 0.25) is 0 Å². The quantitative estimate of drug-likeness (QED) is 0.740. The van der Waals surface area contributed by atoms with Gasteiger partial charge in [0.1, 0.15) is 0 Å². The minimum absolute atomic E-state index is 0.687. The summed E-state index contributed by atoms with van der Waals surface area (Å²) in [7, 11) is 0. The van der Waals surface area contributed by atoms with Crippen LogP contribution >= 0.6 is 0 Å². The Labute approximate surface area is 100 Å². The largest absolute Gasteiger partial charge is 0.361 e. The minimum atomic E-state index is 0.687. The second kappa shape index (κ2) is 7.98. The molecule has 0 unspecified atom stereocenters. The van der Waals surface area contributed by atoms with Crippen LogP contribution in [0, 0.1) is 5.92 Å². The molecule has 1 aromatic rings. The summed E-state index contributed by atoms with van der Waals surface area (Å²) in [6.07, 6.45) is 9.29. The molecule has 16 heavy (non-hydrogen) atoms. The maximum Gasteiger partial charge on any atom is 0.0450 e. The average Bonchev–Trinajstić information content (AvgIpc) is 2.64. The van der Waals surface area contributed by atoms with Gasteiger partial charge in [0, 0.05) is 17.5 Å². The van der Waals surface area contributed by atoms with Crippen molar-refractivity contribution in [1.29, 1.82) is 0 Å². The van der Waals surface area contributed by atoms with E-state index in [1.807, 2.05) is 26.8 Å². The first-order valence-corrected chi connectivity index (χ1v) is 6.14. The molecule has 1 heteroatoms. The molecule has 0 aliphatic rings. The first-order chi connectivity index (χ1) is 7.69. The molecule has 90 valence electrons. The van der Waals surface area contributed by atoms with E-state index in [0.717, 1.165) is 12.1 Å². The summed E-state index contributed by atoms with van der Waals surface area (Å²) in [5.74, 6) is 0.687. The van der Waals surface area contributed by atoms with Crippen molar-refractivity contribution in [2.45, 2.75) is 41.0 Å². The summed E-state index contributed by atoms with van der Waals surface area (Å²) in [4.78, 5) is 3.24. The molecule has 0 aliphatic heterocycles. The zero-order chi connectivity index (χ0) is 12.6. The fourth-order valence-corrected chi connectivity index (χ4v) is 1.63. The second-order valence-corrected chi connectivity index (χ2v) is 3.94. The monoisotopic (exact) mass is 219 g/mol. The van der Waals surface area contributed by atoms with Gasteiger partial charge in [-0.25, -0.2) is 0 Å². The van der Waals surface area contributed by atoms with Crippen molar-refractivity contribution in [3.05, 3.63) is 35.7 Å². The van der Waals surface area contributed by atoms with Crippen LogP contribution in [-0.2, 0) is 6.42 Å². The van der Waals surface area contributed by atoms with Crippen LogP contribution in [0.15, 0.2) is 18.9 Å². The smallest absolute Gasteiger partial charge is 0.0450 e. The van der Waals surface area contributed by atoms with E-state index < -0.39 is 0 Å². The van der Waals surface area contributed by atoms with Gasteiger partial charge in [0.25, 0.3) is 0 Å². The van der Waals surface area contributed by atoms with Crippen molar-refractivity contribution >= 4 is 12.2 Å². The molecule has 0 bridgehead atoms. The molecule has 1 rings (SSSR count). The van der Waals surface area contributed by atoms with Crippen molar-refractivity contribution in [2.24, 2.45) is 5.92 Å². The summed E-state index contributed by atoms with van der Waals surface area (Å²) in [5, 5.41) is 0. The number of rotatable bonds is 4. The van der Waals surface area contributed by atoms with Crippen LogP contribution in [0.25, 0.3) is 12.2 Å². The van der Waals surface area contributed by atoms with Gasteiger partial charge in [-0.2, -0.15) is 0 Å². The van der Waals surface area contributed by atoms with Gasteiger partial charge in [-0.15, -0.1) is 0 Å². The van der Waals surface area contributed by atoms with Gasteiger partial charge < -0.3 is 4.98 Å². The molecular weight excluding hydrogens is 194 g/mol. The highest BCUT2D eigenvalue weighted by molar-refractivity contribution is 5.65. The first-order valence-electron chi connectivity index (χ1n) is 6.14. The molecule has 1 aromatic heterocycles. The highest BCUT2D eigenvalue weighted by atomic mass is 14.7. The molecule has 0 saturated carbocycles. The van der Waals surface area contributed by atoms with E-state index in [1.165, 1.54) is 11.1 Å². The van der Waals surface area contributed by atoms with Crippen molar-refractivity contribution < 1.29 is 0 Å². The Kier molecular flexibility index (Phi) is 7.36. The molecule has 1 nitrogen and oxygen atoms in total. The lowest BCUT2D eigenvalue weighted by atomic mass is 10.0. The minimum Gasteiger partial charge on any atom is -0.361 e. The summed E-state index contributed by atoms with van der Waals surface area (Å²) in [6, 6.07) is 0. The van der Waals surface area contributed by atoms with E-state index in [1.54, 1.807) is 0 Å². The van der Waals surface area contributed by atoms with Gasteiger partial charge in [-0.1, -0.05) is 46.4 Å². The Hall–Kier alpha value is -1.24. The summed E-state index contributed by atoms with van der Waals surface area (Å²) in [5.41, 5.74) is 3.79. The number of aromatic amines is 1. The van der Waals surface area contributed by atoms with Crippen LogP contribution in [-0.4, -0.2) is 4.98 Å². The van der Waals surface area contributed by atoms with Gasteiger partial charge in [0.15, 0.2) is 0 Å². The predicted molar refractivity (Wildman–Crippen MR) is 75.5 cm³/mol. The van der Waals surface area contributed by atoms with E-state index in [9.17, 15) is 0 Å². The lowest BCUT2D eigenvalue weighted by Crippen LogP contribution is -1.94. The second-order valence-electron chi connectivity index (χ2n) is 3.94. The Balaban J connectivity index is 0.00000106. The third-order valence-electron chi connectivity index (χ3n) is 2.20. The number of aromatic nitrogens is 1. The molecule has 1 N–H and O–H groups in total. The number of nitrogens with one attached hydrogen (secondary N) is 1. The molecule has 0 aromatic carbocycles. The summed E-state index contributed by atoms with van der Waals surface area (Å²) >= 11 is 0. The van der Waals surface area contributed by atoms with Crippen molar-refractivity contribution in [3.63, 3.8) is 0 Å². The van der Waals surface area contributed by atoms with Gasteiger partial charge in [-0.3, -0.25) is 0 Å². The molecule has 0 spiro atoms. The SMILES string of the molecule is C=Cc1[nH]cc(CC(C)C)c1/C=C\C.CC. The lowest BCUT2D eigenvalue weighted by molar-refractivity contribution is 0.647. The lowest BCUT2D eigenvalue weighted by Gasteiger charge is -2.04. The zero-order valence-electron chi connectivity index (χ0n) is 11.3. The Morgan fingerprint density at radius 2 is 2.00 bits per heavy atom. The zero-order valence-corrected chi connectivity index (χ0v) is 11.3. The van der Waals surface area contributed by atoms with Crippen molar-refractivity contribution in [2.75, 3.05) is 0 Å². The molecule has 0 fully saturated rings. The van der Waals surface area contributed by atoms with Crippen LogP contribution in [0.3, 0.4) is 0 Å². The summed E-state index contributed by atoms with van der Waals surface area (Å²) < 4.78 is 0. The molecule has 0 saturated heterocycles. The van der Waals surface area contributed by atoms with Crippen molar-refractivity contribution in [3.8, 4) is 0 Å². The number of allylic oxidation sites excluding steroid dienone is 1. The van der Waals surface area contributed by atoms with Crippen LogP contribution < -0.4 is 0 Å². The number of H-pyrrole nitrogens is 1. The topological polar surface area (TPSA) is 15.8 Å². The van der Waals surface area contributed by atoms with Gasteiger partial charge in [-0.05, 0) is 30.9 Å². The van der Waals surface area contributed by atoms with Crippen LogP contribution in [0.5, 0.6) is 0 Å². The molecule has 0 aliphatic carbocycles. The van der Waals surface area contributed by atoms with E-state index in [4.69, 9.17) is 0 Å². The molecule has 0 amide bonds. The number of hydrogen-bond acceptors (Lipinski definition) is 0. The average molecular weight is 219 g/mol. The fraction of sp³-hybridized carbons (Fsp3) is 0.467. The Morgan fingerprint density at radius 3 is 2.44 bits per heavy atom. The van der Waals surface area contributed by atoms with E-state index >= 15 is 0 Å². The van der Waals surface area contributed by atoms with Crippen LogP contribution in [0.1, 0.15) is 51.4 Å². The predicted octanol–water partition coefficient (Wildman–Crippen LogP) is 4.92. The number of hydrogen-bond donors (Lipinski definition) is 1. The third-order valence-corrected chi connectivity index (χ3v) is 2.20. The maximum atomic E-state index is 3.80. The first kappa shape index (κ1) is 14.8. The fourth-order valence-electron chi connectivity index (χ4n) is 1.63. The Bertz CT molecular complexity index is 329. The molecule has 1 heterocycles. The highest BCUT2D eigenvalue weighted by Crippen LogP contribution is 2.20. The molecule has 0 radical (unpaired) electrons. The van der Waals surface area contributed by atoms with E-state index in [2.05, 4.69) is 43.8 Å². The van der Waals surface area contributed by atoms with Gasteiger partial charge in [0.05, 0.1) is 0 Å². The van der Waals surface area contributed by atoms with Crippen LogP contribution in [0.2, 0.25) is 0 Å². The normalized spacial score (nSPS) is 10.4. The van der Waals surface area contributed by atoms with Crippen molar-refractivity contribution in [1.82, 2.24) is 4.98 Å². The maximum absolute atomic E-state index is 3.80. The van der Waals surface area contributed by atoms with E-state index in [0.29, 0.717) is 5.92 Å². The van der Waals surface area contributed by atoms with E-state index in [-0.39, 0.29) is 0 Å². The molecule has 0 atom stereocenters. The molecular formula is C15H25N. The van der Waals surface area contributed by atoms with Gasteiger partial charge >= 0.3 is 0 Å². The Morgan fingerprint density at radius 1 is 1.38 bits per heavy atom. The third kappa shape index (κ3) is 4.09. The highest BCUT2D eigenvalue weighted by Gasteiger charge is 2.07. The standard InChI is InChI=1S/C13H19N.C2H6/c1-5-7-12-11(8-10(3)4)9-14-13(12)6-2;1-2/h5-7,9-10,14H,2,8H2,1,3-4H3;1-2H3/b7-5-;.